The number of aromatic nitrogens is 4. The van der Waals surface area contributed by atoms with E-state index in [1.165, 1.54) is 195 Å². The van der Waals surface area contributed by atoms with E-state index >= 15 is 0 Å². The molecule has 4 aliphatic rings. The molecule has 16 rings (SSSR count). The molecule has 12 nitrogen and oxygen atoms in total. The molecule has 8 aromatic carbocycles. The molecule has 4 aliphatic carbocycles. The number of nitrogens with zero attached hydrogens (tertiary/aromatic N) is 4. The maximum absolute atomic E-state index is 8.49. The molecule has 0 saturated carbocycles. The zero-order valence-corrected chi connectivity index (χ0v) is 91.4. The second-order valence-corrected chi connectivity index (χ2v) is 62.7. The summed E-state index contributed by atoms with van der Waals surface area (Å²) in [6, 6.07) is 59.0. The molecular formula is C105H128Ge2Ir4N4O8Si-4. The number of allylic oxidation sites excluding steroid dienone is 4. The molecule has 4 radical (unpaired) electrons. The predicted molar refractivity (Wildman–Crippen MR) is 512 cm³/mol. The van der Waals surface area contributed by atoms with Crippen LogP contribution in [-0.4, -0.2) is 120 Å². The topological polar surface area (TPSA) is 213 Å². The molecule has 0 saturated heterocycles. The van der Waals surface area contributed by atoms with Crippen molar-refractivity contribution in [1.29, 1.82) is 0 Å². The van der Waals surface area contributed by atoms with Gasteiger partial charge in [-0.15, -0.1) is 69.8 Å². The van der Waals surface area contributed by atoms with E-state index < -0.39 is 59.0 Å². The van der Waals surface area contributed by atoms with Crippen molar-refractivity contribution in [2.24, 2.45) is 5.92 Å². The maximum atomic E-state index is 8.49. The Morgan fingerprint density at radius 2 is 0.710 bits per heavy atom. The molecule has 8 N–H and O–H groups in total. The summed E-state index contributed by atoms with van der Waals surface area (Å²) in [5.74, 6) is 16.1. The van der Waals surface area contributed by atoms with Gasteiger partial charge in [0.05, 0.1) is 55.5 Å². The van der Waals surface area contributed by atoms with Gasteiger partial charge in [0, 0.05) is 92.8 Å². The van der Waals surface area contributed by atoms with Crippen LogP contribution in [0.5, 0.6) is 0 Å². The molecule has 0 fully saturated rings. The van der Waals surface area contributed by atoms with E-state index in [0.29, 0.717) is 5.92 Å². The van der Waals surface area contributed by atoms with Crippen molar-refractivity contribution in [3.63, 3.8) is 0 Å². The number of rotatable bonds is 9. The van der Waals surface area contributed by atoms with Crippen LogP contribution in [0.3, 0.4) is 0 Å². The summed E-state index contributed by atoms with van der Waals surface area (Å²) in [6.07, 6.45) is 21.3. The summed E-state index contributed by atoms with van der Waals surface area (Å²) in [4.78, 5) is 19.2. The van der Waals surface area contributed by atoms with Gasteiger partial charge in [-0.1, -0.05) is 107 Å². The smallest absolute Gasteiger partial charge is 0 e. The van der Waals surface area contributed by atoms with Gasteiger partial charge in [-0.05, 0) is 149 Å². The number of hydrogen-bond donors (Lipinski definition) is 8. The first-order valence-electron chi connectivity index (χ1n) is 42.4. The largest absolute Gasteiger partial charge is 0 e. The van der Waals surface area contributed by atoms with Crippen LogP contribution in [0.4, 0.5) is 0 Å². The molecule has 19 heteroatoms. The predicted octanol–water partition coefficient (Wildman–Crippen LogP) is 22.6. The summed E-state index contributed by atoms with van der Waals surface area (Å²) in [5.41, 5.74) is 27.3. The van der Waals surface area contributed by atoms with Gasteiger partial charge in [0.2, 0.25) is 0 Å². The minimum absolute atomic E-state index is 0. The Hall–Kier alpha value is -6.70. The fourth-order valence-corrected chi connectivity index (χ4v) is 22.1. The molecular weight excluding hydrogens is 2390 g/mol. The summed E-state index contributed by atoms with van der Waals surface area (Å²) < 4.78 is 3.15. The van der Waals surface area contributed by atoms with Gasteiger partial charge in [0.25, 0.3) is 0 Å². The van der Waals surface area contributed by atoms with Gasteiger partial charge >= 0.3 is 282 Å². The zero-order valence-electron chi connectivity index (χ0n) is 76.6. The monoisotopic (exact) mass is 2520 g/mol. The van der Waals surface area contributed by atoms with Gasteiger partial charge in [-0.25, -0.2) is 0 Å². The Kier molecular flexibility index (Phi) is 41.8. The van der Waals surface area contributed by atoms with Gasteiger partial charge in [0.1, 0.15) is 0 Å². The number of aliphatic hydroxyl groups excluding tert-OH is 8. The molecule has 4 unspecified atom stereocenters. The van der Waals surface area contributed by atoms with E-state index in [1.807, 2.05) is 36.9 Å². The van der Waals surface area contributed by atoms with Crippen molar-refractivity contribution < 1.29 is 121 Å². The van der Waals surface area contributed by atoms with E-state index in [4.69, 9.17) is 60.8 Å². The second-order valence-electron chi connectivity index (χ2n) is 36.3. The van der Waals surface area contributed by atoms with E-state index in [0.717, 1.165) is 80.6 Å². The van der Waals surface area contributed by atoms with Crippen LogP contribution in [0.25, 0.3) is 88.1 Å². The Morgan fingerprint density at radius 1 is 0.387 bits per heavy atom. The Labute approximate surface area is 799 Å². The number of pyridine rings is 4. The normalized spacial score (nSPS) is 13.9. The summed E-state index contributed by atoms with van der Waals surface area (Å²) >= 11 is -3.64. The molecule has 0 amide bonds. The first kappa shape index (κ1) is 108. The number of aliphatic hydroxyl groups is 8. The number of benzene rings is 8. The average molecular weight is 2520 g/mol. The van der Waals surface area contributed by atoms with Crippen LogP contribution >= 0.6 is 0 Å². The van der Waals surface area contributed by atoms with Crippen molar-refractivity contribution in [3.8, 4) is 45.0 Å². The fourth-order valence-electron chi connectivity index (χ4n) is 16.1. The van der Waals surface area contributed by atoms with Crippen molar-refractivity contribution >= 4 is 91.7 Å². The molecule has 668 valence electrons. The third-order valence-electron chi connectivity index (χ3n) is 21.7. The first-order valence-corrected chi connectivity index (χ1v) is 60.6. The number of fused-ring (bicyclic) bond motifs is 20. The molecule has 12 aromatic rings. The number of hydrogen-bond acceptors (Lipinski definition) is 12. The van der Waals surface area contributed by atoms with Crippen LogP contribution in [0, 0.1) is 57.9 Å². The van der Waals surface area contributed by atoms with Crippen LogP contribution in [0.1, 0.15) is 142 Å². The SMILES string of the molecule is CC(C)Cc1ccc2c3c(ncc2c1)-c1[c-]cccc1CC3.CC(O)=CC(C)O.CC(O)=CC(C)O.CC(O)=CC(C)O.CC(O)=CC(C)O.Cc1[c-]c2c(c(C)c1)CCc1c-2ncc2cc[c]([Ge]([CH3])([CH3])[CH3])cc12.Cc1[c-]c2c(c(C)c1)CCc1c-2ncc2ccc([Si](C)(C)C)cc12.[CH3][Ge]([CH3])([CH3])[c]1ccc2cnc3c(c2c1)CCc1ccc[c-]c1-3.[Ir].[Ir].[Ir].[Ir]. The standard InChI is InChI=1S/C22H24GeN.C22H24NSi.C21H20N.C20H20GeN.4C5H10O2.4Ir/c1-14-10-15(2)18-8-9-19-20-12-17(23(3,4)5)7-6-16(20)13-24-22(19)21(18)11-14;1-14-10-15(2)18-8-9-19-20-12-17(24(3,4)5)7-6-16(20)13-23-22(19)21(18)11-14;1-14(2)11-15-7-9-18-17(12-15)13-22-21-19-6-4-3-5-16(19)8-10-20(18)21;1-21(2,3)16-10-8-15-13-22-20-17-7-5-4-6-14(17)9-11-18(20)19(15)12-16;4*1-4(6)3-5(2)7;;;;/h2*6-7,10,12-13H,8-9H2,1-5H3;3-5,7,9,12-14H,8,10-11H2,1-2H3;4-6,8,10,12-13H,9,11H2,1-3H3;4*3-4,6-7H,1-2H3;;;;/q4*-1;;;;;;;;. The fraction of sp³-hybridized carbons (Fsp3) is 0.352. The van der Waals surface area contributed by atoms with Crippen LogP contribution < -0.4 is 14.0 Å². The second kappa shape index (κ2) is 48.1. The van der Waals surface area contributed by atoms with Crippen molar-refractivity contribution in [3.05, 3.63) is 290 Å². The van der Waals surface area contributed by atoms with Gasteiger partial charge in [0.15, 0.2) is 0 Å². The summed E-state index contributed by atoms with van der Waals surface area (Å²) in [6.45, 7) is 32.9. The van der Waals surface area contributed by atoms with Crippen LogP contribution in [0.2, 0.25) is 54.2 Å². The van der Waals surface area contributed by atoms with E-state index in [1.54, 1.807) is 36.5 Å². The molecule has 4 aromatic heterocycles. The third kappa shape index (κ3) is 29.7. The van der Waals surface area contributed by atoms with E-state index in [2.05, 4.69) is 229 Å². The van der Waals surface area contributed by atoms with E-state index in [-0.39, 0.29) is 103 Å². The van der Waals surface area contributed by atoms with E-state index in [9.17, 15) is 0 Å². The zero-order chi connectivity index (χ0) is 88.0. The van der Waals surface area contributed by atoms with Gasteiger partial charge in [-0.3, -0.25) is 0 Å². The van der Waals surface area contributed by atoms with Crippen molar-refractivity contribution in [2.75, 3.05) is 0 Å². The van der Waals surface area contributed by atoms with Crippen LogP contribution in [-0.2, 0) is 138 Å². The van der Waals surface area contributed by atoms with Gasteiger partial charge < -0.3 is 50.8 Å². The Morgan fingerprint density at radius 3 is 1.04 bits per heavy atom. The third-order valence-corrected chi connectivity index (χ3v) is 32.3. The molecule has 0 aliphatic heterocycles. The molecule has 124 heavy (non-hydrogen) atoms. The number of aryl methyl sites for hydroxylation is 10. The molecule has 0 spiro atoms. The molecule has 4 atom stereocenters. The Bertz CT molecular complexity index is 5520. The Balaban J connectivity index is 0.000000264. The summed E-state index contributed by atoms with van der Waals surface area (Å²) in [7, 11) is -1.31. The van der Waals surface area contributed by atoms with Crippen molar-refractivity contribution in [1.82, 2.24) is 19.9 Å². The first-order chi connectivity index (χ1) is 56.4. The minimum Gasteiger partial charge on any atom is 0 e. The molecule has 0 bridgehead atoms. The molecule has 4 heterocycles. The quantitative estimate of drug-likeness (QED) is 0.0385. The maximum Gasteiger partial charge on any atom is 0 e. The average Bonchev–Trinajstić information content (AvgIpc) is 0.756. The minimum atomic E-state index is -1.83. The van der Waals surface area contributed by atoms with Crippen LogP contribution in [0.15, 0.2) is 193 Å². The van der Waals surface area contributed by atoms with Gasteiger partial charge in [-0.2, -0.15) is 0 Å². The summed E-state index contributed by atoms with van der Waals surface area (Å²) in [5, 5.41) is 79.8. The van der Waals surface area contributed by atoms with Crippen molar-refractivity contribution in [2.45, 2.75) is 233 Å².